The van der Waals surface area contributed by atoms with Crippen LogP contribution in [0.5, 0.6) is 5.75 Å². The Balaban J connectivity index is 1.48. The van der Waals surface area contributed by atoms with Gasteiger partial charge >= 0.3 is 0 Å². The van der Waals surface area contributed by atoms with Crippen LogP contribution in [-0.2, 0) is 17.8 Å². The van der Waals surface area contributed by atoms with E-state index in [4.69, 9.17) is 11.6 Å². The van der Waals surface area contributed by atoms with Gasteiger partial charge in [0.15, 0.2) is 0 Å². The first-order valence-electron chi connectivity index (χ1n) is 7.62. The Morgan fingerprint density at radius 1 is 1.09 bits per heavy atom. The zero-order valence-corrected chi connectivity index (χ0v) is 14.3. The van der Waals surface area contributed by atoms with Crippen molar-refractivity contribution in [1.82, 2.24) is 9.80 Å². The molecule has 0 unspecified atom stereocenters. The van der Waals surface area contributed by atoms with Gasteiger partial charge < -0.3 is 10.0 Å². The first kappa shape index (κ1) is 16.3. The lowest BCUT2D eigenvalue weighted by Crippen LogP contribution is -2.48. The maximum absolute atomic E-state index is 12.4. The van der Waals surface area contributed by atoms with Crippen molar-refractivity contribution in [1.29, 1.82) is 0 Å². The molecule has 0 radical (unpaired) electrons. The van der Waals surface area contributed by atoms with Crippen molar-refractivity contribution in [3.05, 3.63) is 51.2 Å². The Hall–Kier alpha value is -1.56. The molecule has 122 valence electrons. The average molecular weight is 351 g/mol. The van der Waals surface area contributed by atoms with E-state index in [-0.39, 0.29) is 11.7 Å². The molecule has 23 heavy (non-hydrogen) atoms. The van der Waals surface area contributed by atoms with Crippen molar-refractivity contribution >= 4 is 28.8 Å². The molecule has 1 aliphatic heterocycles. The Labute approximate surface area is 144 Å². The van der Waals surface area contributed by atoms with Crippen molar-refractivity contribution in [2.45, 2.75) is 13.0 Å². The summed E-state index contributed by atoms with van der Waals surface area (Å²) in [5.41, 5.74) is 0.934. The topological polar surface area (TPSA) is 43.8 Å². The second kappa shape index (κ2) is 7.34. The van der Waals surface area contributed by atoms with Gasteiger partial charge in [0.1, 0.15) is 5.75 Å². The van der Waals surface area contributed by atoms with Gasteiger partial charge in [0, 0.05) is 37.6 Å². The van der Waals surface area contributed by atoms with Crippen molar-refractivity contribution in [3.8, 4) is 5.75 Å². The van der Waals surface area contributed by atoms with Crippen LogP contribution in [0.3, 0.4) is 0 Å². The van der Waals surface area contributed by atoms with Crippen LogP contribution < -0.4 is 0 Å². The summed E-state index contributed by atoms with van der Waals surface area (Å²) in [6.45, 7) is 4.19. The van der Waals surface area contributed by atoms with Crippen molar-refractivity contribution < 1.29 is 9.90 Å². The van der Waals surface area contributed by atoms with E-state index in [1.54, 1.807) is 35.6 Å². The number of phenolic OH excluding ortho intramolecular Hbond substituents is 1. The van der Waals surface area contributed by atoms with Gasteiger partial charge in [0.05, 0.1) is 10.8 Å². The summed E-state index contributed by atoms with van der Waals surface area (Å²) in [6.07, 6.45) is 0.390. The van der Waals surface area contributed by atoms with Gasteiger partial charge in [-0.05, 0) is 29.8 Å². The smallest absolute Gasteiger partial charge is 0.227 e. The molecule has 1 saturated heterocycles. The monoisotopic (exact) mass is 350 g/mol. The Bertz CT molecular complexity index is 663. The van der Waals surface area contributed by atoms with Crippen molar-refractivity contribution in [3.63, 3.8) is 0 Å². The second-order valence-corrected chi connectivity index (χ2v) is 7.51. The van der Waals surface area contributed by atoms with E-state index in [1.807, 2.05) is 11.0 Å². The van der Waals surface area contributed by atoms with Crippen LogP contribution in [0.25, 0.3) is 0 Å². The minimum absolute atomic E-state index is 0.148. The van der Waals surface area contributed by atoms with Crippen LogP contribution in [0.1, 0.15) is 10.4 Å². The minimum Gasteiger partial charge on any atom is -0.508 e. The van der Waals surface area contributed by atoms with Gasteiger partial charge in [0.25, 0.3) is 0 Å². The standard InChI is InChI=1S/C17H19ClN2O2S/c18-16-6-5-15(23-16)12-19-7-9-20(10-8-19)17(22)11-13-1-3-14(21)4-2-13/h1-6,21H,7-12H2. The molecule has 0 atom stereocenters. The molecule has 2 aromatic rings. The molecule has 1 N–H and O–H groups in total. The maximum atomic E-state index is 12.4. The first-order valence-corrected chi connectivity index (χ1v) is 8.82. The summed E-state index contributed by atoms with van der Waals surface area (Å²) >= 11 is 7.58. The van der Waals surface area contributed by atoms with E-state index >= 15 is 0 Å². The number of aromatic hydroxyl groups is 1. The summed E-state index contributed by atoms with van der Waals surface area (Å²) in [7, 11) is 0. The van der Waals surface area contributed by atoms with Gasteiger partial charge in [-0.3, -0.25) is 9.69 Å². The fourth-order valence-corrected chi connectivity index (χ4v) is 3.84. The van der Waals surface area contributed by atoms with E-state index < -0.39 is 0 Å². The summed E-state index contributed by atoms with van der Waals surface area (Å²) in [5, 5.41) is 9.28. The highest BCUT2D eigenvalue weighted by molar-refractivity contribution is 7.16. The van der Waals surface area contributed by atoms with E-state index in [2.05, 4.69) is 11.0 Å². The summed E-state index contributed by atoms with van der Waals surface area (Å²) in [6, 6.07) is 10.8. The van der Waals surface area contributed by atoms with Crippen LogP contribution in [0, 0.1) is 0 Å². The molecule has 1 aromatic carbocycles. The fraction of sp³-hybridized carbons (Fsp3) is 0.353. The minimum atomic E-state index is 0.148. The highest BCUT2D eigenvalue weighted by Crippen LogP contribution is 2.23. The van der Waals surface area contributed by atoms with Crippen molar-refractivity contribution in [2.24, 2.45) is 0 Å². The van der Waals surface area contributed by atoms with E-state index in [1.165, 1.54) is 4.88 Å². The highest BCUT2D eigenvalue weighted by Gasteiger charge is 2.21. The van der Waals surface area contributed by atoms with Gasteiger partial charge in [-0.25, -0.2) is 0 Å². The number of hydrogen-bond acceptors (Lipinski definition) is 4. The second-order valence-electron chi connectivity index (χ2n) is 5.71. The number of hydrogen-bond donors (Lipinski definition) is 1. The molecule has 3 rings (SSSR count). The van der Waals surface area contributed by atoms with Crippen LogP contribution >= 0.6 is 22.9 Å². The molecule has 4 nitrogen and oxygen atoms in total. The molecule has 6 heteroatoms. The number of phenols is 1. The third-order valence-electron chi connectivity index (χ3n) is 4.02. The molecule has 1 fully saturated rings. The normalized spacial score (nSPS) is 15.8. The number of carbonyl (C=O) groups is 1. The summed E-state index contributed by atoms with van der Waals surface area (Å²) in [4.78, 5) is 17.9. The predicted octanol–water partition coefficient (Wildman–Crippen LogP) is 2.99. The summed E-state index contributed by atoms with van der Waals surface area (Å²) in [5.74, 6) is 0.373. The number of carbonyl (C=O) groups excluding carboxylic acids is 1. The maximum Gasteiger partial charge on any atom is 0.227 e. The molecule has 0 saturated carbocycles. The van der Waals surface area contributed by atoms with Gasteiger partial charge in [-0.1, -0.05) is 23.7 Å². The number of rotatable bonds is 4. The first-order chi connectivity index (χ1) is 11.1. The average Bonchev–Trinajstić information content (AvgIpc) is 2.95. The van der Waals surface area contributed by atoms with E-state index in [0.717, 1.165) is 42.6 Å². The molecular formula is C17H19ClN2O2S. The fourth-order valence-electron chi connectivity index (χ4n) is 2.71. The lowest BCUT2D eigenvalue weighted by Gasteiger charge is -2.34. The van der Waals surface area contributed by atoms with Crippen LogP contribution in [0.15, 0.2) is 36.4 Å². The highest BCUT2D eigenvalue weighted by atomic mass is 35.5. The number of nitrogens with zero attached hydrogens (tertiary/aromatic N) is 2. The van der Waals surface area contributed by atoms with Crippen molar-refractivity contribution in [2.75, 3.05) is 26.2 Å². The summed E-state index contributed by atoms with van der Waals surface area (Å²) < 4.78 is 0.822. The zero-order chi connectivity index (χ0) is 16.2. The molecule has 2 heterocycles. The van der Waals surface area contributed by atoms with Crippen LogP contribution in [-0.4, -0.2) is 47.0 Å². The lowest BCUT2D eigenvalue weighted by molar-refractivity contribution is -0.132. The Kier molecular flexibility index (Phi) is 5.20. The third-order valence-corrected chi connectivity index (χ3v) is 5.24. The predicted molar refractivity (Wildman–Crippen MR) is 93.0 cm³/mol. The molecule has 0 bridgehead atoms. The van der Waals surface area contributed by atoms with E-state index in [9.17, 15) is 9.90 Å². The molecule has 1 amide bonds. The van der Waals surface area contributed by atoms with Gasteiger partial charge in [0.2, 0.25) is 5.91 Å². The lowest BCUT2D eigenvalue weighted by atomic mass is 10.1. The molecule has 0 aliphatic carbocycles. The molecular weight excluding hydrogens is 332 g/mol. The number of halogens is 1. The van der Waals surface area contributed by atoms with Gasteiger partial charge in [-0.15, -0.1) is 11.3 Å². The third kappa shape index (κ3) is 4.47. The molecule has 1 aliphatic rings. The number of amides is 1. The number of piperazine rings is 1. The quantitative estimate of drug-likeness (QED) is 0.921. The van der Waals surface area contributed by atoms with Crippen LogP contribution in [0.2, 0.25) is 4.34 Å². The molecule has 0 spiro atoms. The SMILES string of the molecule is O=C(Cc1ccc(O)cc1)N1CCN(Cc2ccc(Cl)s2)CC1. The Morgan fingerprint density at radius 3 is 2.39 bits per heavy atom. The molecule has 1 aromatic heterocycles. The van der Waals surface area contributed by atoms with Gasteiger partial charge in [-0.2, -0.15) is 0 Å². The number of thiophene rings is 1. The zero-order valence-electron chi connectivity index (χ0n) is 12.7. The van der Waals surface area contributed by atoms with Crippen LogP contribution in [0.4, 0.5) is 0 Å². The largest absolute Gasteiger partial charge is 0.508 e. The van der Waals surface area contributed by atoms with E-state index in [0.29, 0.717) is 6.42 Å². The number of benzene rings is 1. The Morgan fingerprint density at radius 2 is 1.78 bits per heavy atom.